The molecule has 1 saturated carbocycles. The van der Waals surface area contributed by atoms with Gasteiger partial charge >= 0.3 is 0 Å². The van der Waals surface area contributed by atoms with Crippen LogP contribution in [-0.2, 0) is 0 Å². The SMILES string of the molecule is CCCCOc1ccc(C(=O)NC(=S)NC2CCC(C(C)(C)C)CC2)cc1Br. The molecule has 0 saturated heterocycles. The van der Waals surface area contributed by atoms with Crippen LogP contribution in [0.25, 0.3) is 0 Å². The predicted molar refractivity (Wildman–Crippen MR) is 123 cm³/mol. The third kappa shape index (κ3) is 7.03. The van der Waals surface area contributed by atoms with Crippen LogP contribution in [0.4, 0.5) is 0 Å². The van der Waals surface area contributed by atoms with Crippen LogP contribution in [0.1, 0.15) is 76.6 Å². The minimum Gasteiger partial charge on any atom is -0.492 e. The molecule has 0 aromatic heterocycles. The molecule has 156 valence electrons. The first kappa shape index (κ1) is 23.1. The highest BCUT2D eigenvalue weighted by molar-refractivity contribution is 9.10. The first-order valence-corrected chi connectivity index (χ1v) is 11.4. The Morgan fingerprint density at radius 3 is 2.50 bits per heavy atom. The highest BCUT2D eigenvalue weighted by Gasteiger charge is 2.29. The van der Waals surface area contributed by atoms with Gasteiger partial charge in [0.05, 0.1) is 11.1 Å². The van der Waals surface area contributed by atoms with E-state index in [2.05, 4.69) is 54.3 Å². The van der Waals surface area contributed by atoms with Crippen molar-refractivity contribution >= 4 is 39.2 Å². The van der Waals surface area contributed by atoms with Gasteiger partial charge in [-0.05, 0) is 89.8 Å². The second-order valence-corrected chi connectivity index (χ2v) is 9.95. The second kappa shape index (κ2) is 10.6. The Bertz CT molecular complexity index is 680. The Morgan fingerprint density at radius 2 is 1.93 bits per heavy atom. The van der Waals surface area contributed by atoms with E-state index in [1.807, 2.05) is 6.07 Å². The van der Waals surface area contributed by atoms with Crippen molar-refractivity contribution in [3.8, 4) is 5.75 Å². The van der Waals surface area contributed by atoms with Crippen LogP contribution in [0.5, 0.6) is 5.75 Å². The van der Waals surface area contributed by atoms with E-state index in [0.29, 0.717) is 28.7 Å². The molecule has 1 aliphatic carbocycles. The highest BCUT2D eigenvalue weighted by atomic mass is 79.9. The molecule has 1 aromatic rings. The summed E-state index contributed by atoms with van der Waals surface area (Å²) in [5, 5.41) is 6.52. The van der Waals surface area contributed by atoms with Crippen molar-refractivity contribution in [1.82, 2.24) is 10.6 Å². The van der Waals surface area contributed by atoms with Crippen molar-refractivity contribution in [2.24, 2.45) is 11.3 Å². The lowest BCUT2D eigenvalue weighted by atomic mass is 9.71. The summed E-state index contributed by atoms with van der Waals surface area (Å²) in [6.07, 6.45) is 6.67. The van der Waals surface area contributed by atoms with Gasteiger partial charge in [0.15, 0.2) is 5.11 Å². The van der Waals surface area contributed by atoms with Gasteiger partial charge in [-0.2, -0.15) is 0 Å². The minimum atomic E-state index is -0.207. The van der Waals surface area contributed by atoms with Crippen molar-refractivity contribution in [3.63, 3.8) is 0 Å². The fraction of sp³-hybridized carbons (Fsp3) is 0.636. The lowest BCUT2D eigenvalue weighted by Gasteiger charge is -2.37. The summed E-state index contributed by atoms with van der Waals surface area (Å²) < 4.78 is 6.48. The van der Waals surface area contributed by atoms with Gasteiger partial charge in [0, 0.05) is 11.6 Å². The van der Waals surface area contributed by atoms with E-state index in [1.54, 1.807) is 12.1 Å². The van der Waals surface area contributed by atoms with Gasteiger partial charge in [-0.25, -0.2) is 0 Å². The Labute approximate surface area is 183 Å². The average Bonchev–Trinajstić information content (AvgIpc) is 2.62. The number of ether oxygens (including phenoxy) is 1. The molecular formula is C22H33BrN2O2S. The van der Waals surface area contributed by atoms with Crippen molar-refractivity contribution < 1.29 is 9.53 Å². The maximum atomic E-state index is 12.5. The smallest absolute Gasteiger partial charge is 0.257 e. The van der Waals surface area contributed by atoms with Crippen LogP contribution in [-0.4, -0.2) is 23.7 Å². The van der Waals surface area contributed by atoms with Crippen LogP contribution in [0.2, 0.25) is 0 Å². The summed E-state index contributed by atoms with van der Waals surface area (Å²) in [6, 6.07) is 5.69. The van der Waals surface area contributed by atoms with E-state index in [9.17, 15) is 4.79 Å². The molecule has 2 N–H and O–H groups in total. The van der Waals surface area contributed by atoms with Crippen LogP contribution in [0, 0.1) is 11.3 Å². The molecule has 28 heavy (non-hydrogen) atoms. The quantitative estimate of drug-likeness (QED) is 0.406. The zero-order valence-corrected chi connectivity index (χ0v) is 19.8. The maximum Gasteiger partial charge on any atom is 0.257 e. The molecule has 0 atom stereocenters. The van der Waals surface area contributed by atoms with E-state index in [-0.39, 0.29) is 5.91 Å². The molecule has 1 aromatic carbocycles. The van der Waals surface area contributed by atoms with Gasteiger partial charge < -0.3 is 10.1 Å². The molecule has 1 aliphatic rings. The van der Waals surface area contributed by atoms with Crippen LogP contribution >= 0.6 is 28.1 Å². The average molecular weight is 469 g/mol. The fourth-order valence-electron chi connectivity index (χ4n) is 3.59. The molecule has 1 fully saturated rings. The summed E-state index contributed by atoms with van der Waals surface area (Å²) >= 11 is 8.85. The number of nitrogens with one attached hydrogen (secondary N) is 2. The van der Waals surface area contributed by atoms with Gasteiger partial charge in [0.25, 0.3) is 5.91 Å². The lowest BCUT2D eigenvalue weighted by Crippen LogP contribution is -2.46. The van der Waals surface area contributed by atoms with E-state index in [0.717, 1.165) is 41.8 Å². The number of carbonyl (C=O) groups is 1. The van der Waals surface area contributed by atoms with E-state index < -0.39 is 0 Å². The Morgan fingerprint density at radius 1 is 1.25 bits per heavy atom. The number of hydrogen-bond acceptors (Lipinski definition) is 3. The van der Waals surface area contributed by atoms with Crippen molar-refractivity contribution in [3.05, 3.63) is 28.2 Å². The standard InChI is InChI=1S/C22H33BrN2O2S/c1-5-6-13-27-19-12-7-15(14-18(19)23)20(26)25-21(28)24-17-10-8-16(9-11-17)22(2,3)4/h7,12,14,16-17H,5-6,8-11,13H2,1-4H3,(H2,24,25,26,28). The number of hydrogen-bond donors (Lipinski definition) is 2. The van der Waals surface area contributed by atoms with Gasteiger partial charge in [-0.15, -0.1) is 0 Å². The van der Waals surface area contributed by atoms with Gasteiger partial charge in [-0.3, -0.25) is 10.1 Å². The van der Waals surface area contributed by atoms with Crippen LogP contribution in [0.15, 0.2) is 22.7 Å². The van der Waals surface area contributed by atoms with E-state index in [1.165, 1.54) is 12.8 Å². The molecule has 0 heterocycles. The first-order valence-electron chi connectivity index (χ1n) is 10.2. The molecular weight excluding hydrogens is 436 g/mol. The Hall–Kier alpha value is -1.14. The van der Waals surface area contributed by atoms with Crippen LogP contribution in [0.3, 0.4) is 0 Å². The monoisotopic (exact) mass is 468 g/mol. The predicted octanol–water partition coefficient (Wildman–Crippen LogP) is 5.84. The number of rotatable bonds is 6. The zero-order valence-electron chi connectivity index (χ0n) is 17.4. The molecule has 0 aliphatic heterocycles. The minimum absolute atomic E-state index is 0.207. The summed E-state index contributed by atoms with van der Waals surface area (Å²) in [5.41, 5.74) is 0.912. The topological polar surface area (TPSA) is 50.4 Å². The number of benzene rings is 1. The van der Waals surface area contributed by atoms with E-state index >= 15 is 0 Å². The van der Waals surface area contributed by atoms with E-state index in [4.69, 9.17) is 17.0 Å². The summed E-state index contributed by atoms with van der Waals surface area (Å²) in [6.45, 7) is 9.74. The number of unbranched alkanes of at least 4 members (excludes halogenated alkanes) is 1. The molecule has 0 bridgehead atoms. The largest absolute Gasteiger partial charge is 0.492 e. The third-order valence-electron chi connectivity index (χ3n) is 5.46. The van der Waals surface area contributed by atoms with Crippen molar-refractivity contribution in [2.75, 3.05) is 6.61 Å². The van der Waals surface area contributed by atoms with Crippen molar-refractivity contribution in [1.29, 1.82) is 0 Å². The molecule has 4 nitrogen and oxygen atoms in total. The Kier molecular flexibility index (Phi) is 8.75. The first-order chi connectivity index (χ1) is 13.2. The van der Waals surface area contributed by atoms with Gasteiger partial charge in [0.2, 0.25) is 0 Å². The van der Waals surface area contributed by atoms with Crippen molar-refractivity contribution in [2.45, 2.75) is 72.3 Å². The molecule has 0 spiro atoms. The third-order valence-corrected chi connectivity index (χ3v) is 6.30. The number of amides is 1. The normalized spacial score (nSPS) is 19.8. The molecule has 6 heteroatoms. The summed E-state index contributed by atoms with van der Waals surface area (Å²) in [5.74, 6) is 1.30. The Balaban J connectivity index is 1.82. The summed E-state index contributed by atoms with van der Waals surface area (Å²) in [4.78, 5) is 12.5. The maximum absolute atomic E-state index is 12.5. The molecule has 0 unspecified atom stereocenters. The van der Waals surface area contributed by atoms with Crippen LogP contribution < -0.4 is 15.4 Å². The fourth-order valence-corrected chi connectivity index (χ4v) is 4.34. The molecule has 2 rings (SSSR count). The molecule has 1 amide bonds. The summed E-state index contributed by atoms with van der Waals surface area (Å²) in [7, 11) is 0. The zero-order chi connectivity index (χ0) is 20.7. The van der Waals surface area contributed by atoms with Gasteiger partial charge in [-0.1, -0.05) is 34.1 Å². The highest BCUT2D eigenvalue weighted by Crippen LogP contribution is 2.37. The van der Waals surface area contributed by atoms with Gasteiger partial charge in [0.1, 0.15) is 5.75 Å². The number of thiocarbonyl (C=S) groups is 1. The molecule has 0 radical (unpaired) electrons. The second-order valence-electron chi connectivity index (χ2n) is 8.69. The lowest BCUT2D eigenvalue weighted by molar-refractivity contribution is 0.0976. The number of halogens is 1. The number of carbonyl (C=O) groups excluding carboxylic acids is 1.